The number of aromatic nitrogens is 1. The first-order chi connectivity index (χ1) is 10.6. The molecule has 0 atom stereocenters. The second kappa shape index (κ2) is 5.20. The van der Waals surface area contributed by atoms with E-state index in [0.717, 1.165) is 22.2 Å². The van der Waals surface area contributed by atoms with Gasteiger partial charge in [-0.3, -0.25) is 11.1 Å². The highest BCUT2D eigenvalue weighted by molar-refractivity contribution is 5.99. The minimum absolute atomic E-state index is 0.0331. The Morgan fingerprint density at radius 1 is 1.00 bits per heavy atom. The first-order valence-corrected chi connectivity index (χ1v) is 6.62. The molecule has 0 aliphatic heterocycles. The van der Waals surface area contributed by atoms with Crippen molar-refractivity contribution in [3.05, 3.63) is 64.6 Å². The van der Waals surface area contributed by atoms with Crippen LogP contribution in [0.15, 0.2) is 48.5 Å². The molecule has 0 aliphatic rings. The molecular formula is C16H14N5O+. The predicted octanol–water partition coefficient (Wildman–Crippen LogP) is 1.66. The molecule has 108 valence electrons. The van der Waals surface area contributed by atoms with E-state index in [4.69, 9.17) is 16.9 Å². The minimum Gasteiger partial charge on any atom is -0.384 e. The van der Waals surface area contributed by atoms with E-state index in [1.54, 1.807) is 12.1 Å². The number of nitrogens with two attached hydrogens (primary N) is 2. The standard InChI is InChI=1S/C16H13N5O/c17-15(18)12-6-5-11-7-13(20-14(11)8-12)9-1-3-10(4-2-9)16(19)21-22/h1-8H,(H5,17,18,19,20)/p+1. The second-order valence-electron chi connectivity index (χ2n) is 4.95. The highest BCUT2D eigenvalue weighted by atomic mass is 16.2. The molecule has 6 heteroatoms. The lowest BCUT2D eigenvalue weighted by Crippen LogP contribution is -2.15. The molecule has 0 saturated carbocycles. The average Bonchev–Trinajstić information content (AvgIpc) is 2.97. The lowest BCUT2D eigenvalue weighted by Gasteiger charge is -1.98. The summed E-state index contributed by atoms with van der Waals surface area (Å²) < 4.78 is 0. The van der Waals surface area contributed by atoms with Gasteiger partial charge in [0.2, 0.25) is 0 Å². The fourth-order valence-electron chi connectivity index (χ4n) is 2.32. The lowest BCUT2D eigenvalue weighted by atomic mass is 10.1. The van der Waals surface area contributed by atoms with Gasteiger partial charge in [0.25, 0.3) is 0 Å². The van der Waals surface area contributed by atoms with Crippen molar-refractivity contribution in [2.75, 3.05) is 0 Å². The van der Waals surface area contributed by atoms with Crippen LogP contribution in [0.2, 0.25) is 0 Å². The van der Waals surface area contributed by atoms with E-state index >= 15 is 0 Å². The van der Waals surface area contributed by atoms with Crippen molar-refractivity contribution < 1.29 is 0 Å². The van der Waals surface area contributed by atoms with Gasteiger partial charge >= 0.3 is 5.84 Å². The molecule has 3 rings (SSSR count). The van der Waals surface area contributed by atoms with Gasteiger partial charge in [-0.25, -0.2) is 0 Å². The summed E-state index contributed by atoms with van der Waals surface area (Å²) >= 11 is 0. The van der Waals surface area contributed by atoms with Crippen molar-refractivity contribution in [2.45, 2.75) is 0 Å². The molecule has 0 aliphatic carbocycles. The van der Waals surface area contributed by atoms with Gasteiger partial charge in [0.15, 0.2) is 0 Å². The SMILES string of the molecule is N=C(N)c1ccc2cc(-c3ccc(C(N)=[N+]=O)cc3)[nH]c2c1. The fraction of sp³-hybridized carbons (Fsp3) is 0. The van der Waals surface area contributed by atoms with Crippen LogP contribution in [-0.4, -0.2) is 16.7 Å². The number of benzene rings is 2. The summed E-state index contributed by atoms with van der Waals surface area (Å²) in [7, 11) is 0. The van der Waals surface area contributed by atoms with Crippen LogP contribution in [0.5, 0.6) is 0 Å². The monoisotopic (exact) mass is 292 g/mol. The molecule has 0 saturated heterocycles. The topological polar surface area (TPSA) is 123 Å². The Morgan fingerprint density at radius 3 is 2.32 bits per heavy atom. The normalized spacial score (nSPS) is 10.4. The molecule has 3 aromatic rings. The third-order valence-corrected chi connectivity index (χ3v) is 3.52. The third kappa shape index (κ3) is 2.34. The first kappa shape index (κ1) is 13.6. The highest BCUT2D eigenvalue weighted by Crippen LogP contribution is 2.25. The number of nitrogens with zero attached hydrogens (tertiary/aromatic N) is 1. The van der Waals surface area contributed by atoms with Crippen molar-refractivity contribution >= 4 is 22.6 Å². The van der Waals surface area contributed by atoms with E-state index in [1.807, 2.05) is 36.4 Å². The number of H-pyrrole nitrogens is 1. The number of nitrogens with one attached hydrogen (secondary N) is 2. The largest absolute Gasteiger partial charge is 0.431 e. The van der Waals surface area contributed by atoms with Gasteiger partial charge in [0.05, 0.1) is 10.4 Å². The maximum Gasteiger partial charge on any atom is 0.431 e. The van der Waals surface area contributed by atoms with Crippen molar-refractivity contribution in [3.63, 3.8) is 0 Å². The molecule has 6 nitrogen and oxygen atoms in total. The number of aromatic amines is 1. The molecule has 0 radical (unpaired) electrons. The van der Waals surface area contributed by atoms with Crippen LogP contribution in [0.4, 0.5) is 0 Å². The van der Waals surface area contributed by atoms with Crippen LogP contribution in [0, 0.1) is 10.3 Å². The Balaban J connectivity index is 2.03. The maximum absolute atomic E-state index is 10.4. The zero-order chi connectivity index (χ0) is 15.7. The van der Waals surface area contributed by atoms with Gasteiger partial charge in [0.1, 0.15) is 5.84 Å². The van der Waals surface area contributed by atoms with Crippen LogP contribution >= 0.6 is 0 Å². The number of fused-ring (bicyclic) bond motifs is 1. The fourth-order valence-corrected chi connectivity index (χ4v) is 2.32. The third-order valence-electron chi connectivity index (χ3n) is 3.52. The summed E-state index contributed by atoms with van der Waals surface area (Å²) in [5, 5.41) is 8.51. The second-order valence-corrected chi connectivity index (χ2v) is 4.95. The molecule has 6 N–H and O–H groups in total. The van der Waals surface area contributed by atoms with E-state index in [9.17, 15) is 4.91 Å². The average molecular weight is 292 g/mol. The molecule has 0 amide bonds. The summed E-state index contributed by atoms with van der Waals surface area (Å²) in [6, 6.07) is 14.8. The van der Waals surface area contributed by atoms with E-state index in [2.05, 4.69) is 9.84 Å². The minimum atomic E-state index is -0.0331. The molecule has 0 bridgehead atoms. The van der Waals surface area contributed by atoms with Crippen LogP contribution < -0.4 is 16.3 Å². The maximum atomic E-state index is 10.4. The van der Waals surface area contributed by atoms with Crippen LogP contribution in [0.3, 0.4) is 0 Å². The van der Waals surface area contributed by atoms with Crippen LogP contribution in [0.25, 0.3) is 22.2 Å². The predicted molar refractivity (Wildman–Crippen MR) is 88.5 cm³/mol. The first-order valence-electron chi connectivity index (χ1n) is 6.62. The summed E-state index contributed by atoms with van der Waals surface area (Å²) in [6.45, 7) is 0. The molecule has 2 aromatic carbocycles. The molecule has 0 fully saturated rings. The van der Waals surface area contributed by atoms with Gasteiger partial charge in [-0.05, 0) is 29.8 Å². The van der Waals surface area contributed by atoms with Crippen LogP contribution in [0.1, 0.15) is 11.1 Å². The highest BCUT2D eigenvalue weighted by Gasteiger charge is 2.09. The summed E-state index contributed by atoms with van der Waals surface area (Å²) in [6.07, 6.45) is 0. The Morgan fingerprint density at radius 2 is 1.68 bits per heavy atom. The smallest absolute Gasteiger partial charge is 0.384 e. The van der Waals surface area contributed by atoms with Gasteiger partial charge in [0, 0.05) is 27.1 Å². The summed E-state index contributed by atoms with van der Waals surface area (Å²) in [4.78, 5) is 16.4. The molecule has 0 spiro atoms. The van der Waals surface area contributed by atoms with Crippen molar-refractivity contribution in [3.8, 4) is 11.3 Å². The molecule has 1 heterocycles. The number of nitroso groups, excluding NO2 is 1. The van der Waals surface area contributed by atoms with Crippen molar-refractivity contribution in [1.29, 1.82) is 5.41 Å². The molecular weight excluding hydrogens is 278 g/mol. The Labute approximate surface area is 126 Å². The van der Waals surface area contributed by atoms with Gasteiger partial charge in [-0.2, -0.15) is 0 Å². The van der Waals surface area contributed by atoms with Crippen molar-refractivity contribution in [2.24, 2.45) is 11.5 Å². The molecule has 0 unspecified atom stereocenters. The van der Waals surface area contributed by atoms with Gasteiger partial charge in [-0.15, -0.1) is 0 Å². The number of hydrogen-bond acceptors (Lipinski definition) is 2. The Bertz CT molecular complexity index is 917. The van der Waals surface area contributed by atoms with Gasteiger partial charge < -0.3 is 10.7 Å². The lowest BCUT2D eigenvalue weighted by molar-refractivity contribution is 1.41. The summed E-state index contributed by atoms with van der Waals surface area (Å²) in [5.74, 6) is 0.00377. The molecule has 22 heavy (non-hydrogen) atoms. The summed E-state index contributed by atoms with van der Waals surface area (Å²) in [5.41, 5.74) is 15.1. The van der Waals surface area contributed by atoms with Crippen molar-refractivity contribution in [1.82, 2.24) is 9.84 Å². The number of rotatable bonds is 3. The number of hydrogen-bond donors (Lipinski definition) is 4. The van der Waals surface area contributed by atoms with E-state index in [-0.39, 0.29) is 11.7 Å². The Kier molecular flexibility index (Phi) is 3.21. The number of nitrogen functional groups attached to an aromatic ring is 1. The van der Waals surface area contributed by atoms with Gasteiger partial charge in [-0.1, -0.05) is 24.3 Å². The zero-order valence-electron chi connectivity index (χ0n) is 11.6. The quantitative estimate of drug-likeness (QED) is 0.333. The van der Waals surface area contributed by atoms with Crippen LogP contribution in [-0.2, 0) is 0 Å². The molecule has 1 aromatic heterocycles. The van der Waals surface area contributed by atoms with E-state index in [0.29, 0.717) is 11.1 Å². The Hall–Kier alpha value is -3.37. The van der Waals surface area contributed by atoms with E-state index < -0.39 is 0 Å². The van der Waals surface area contributed by atoms with E-state index in [1.165, 1.54) is 0 Å². The zero-order valence-corrected chi connectivity index (χ0v) is 11.6. The number of amidine groups is 2.